The number of nitrogens with one attached hydrogen (secondary N) is 1. The Hall–Kier alpha value is -1.58. The molecule has 12 heavy (non-hydrogen) atoms. The lowest BCUT2D eigenvalue weighted by Gasteiger charge is -1.93. The van der Waals surface area contributed by atoms with Gasteiger partial charge in [-0.1, -0.05) is 6.92 Å². The Balaban J connectivity index is 2.80. The summed E-state index contributed by atoms with van der Waals surface area (Å²) in [5.41, 5.74) is 8.60. The number of nitrogens with zero attached hydrogens (tertiary/aromatic N) is 2. The van der Waals surface area contributed by atoms with E-state index < -0.39 is 0 Å². The summed E-state index contributed by atoms with van der Waals surface area (Å²) in [4.78, 5) is 11.1. The molecule has 0 unspecified atom stereocenters. The van der Waals surface area contributed by atoms with Gasteiger partial charge in [-0.2, -0.15) is 0 Å². The first kappa shape index (κ1) is 7.09. The maximum Gasteiger partial charge on any atom is 0.151 e. The zero-order valence-corrected chi connectivity index (χ0v) is 6.83. The van der Waals surface area contributed by atoms with Gasteiger partial charge in [0.25, 0.3) is 0 Å². The molecule has 0 aliphatic rings. The van der Waals surface area contributed by atoms with Crippen LogP contribution in [0.25, 0.3) is 11.0 Å². The average molecular weight is 162 g/mol. The van der Waals surface area contributed by atoms with E-state index >= 15 is 0 Å². The fourth-order valence-corrected chi connectivity index (χ4v) is 1.28. The lowest BCUT2D eigenvalue weighted by molar-refractivity contribution is 1.14. The van der Waals surface area contributed by atoms with E-state index in [0.717, 1.165) is 17.5 Å². The van der Waals surface area contributed by atoms with Crippen molar-refractivity contribution in [1.29, 1.82) is 0 Å². The number of aromatic amines is 1. The fraction of sp³-hybridized carbons (Fsp3) is 0.250. The summed E-state index contributed by atoms with van der Waals surface area (Å²) in [7, 11) is 0. The molecule has 62 valence electrons. The van der Waals surface area contributed by atoms with Gasteiger partial charge in [0.05, 0.1) is 5.52 Å². The highest BCUT2D eigenvalue weighted by molar-refractivity contribution is 5.86. The van der Waals surface area contributed by atoms with Crippen LogP contribution in [0.4, 0.5) is 5.82 Å². The topological polar surface area (TPSA) is 67.6 Å². The second-order valence-electron chi connectivity index (χ2n) is 2.65. The summed E-state index contributed by atoms with van der Waals surface area (Å²) < 4.78 is 0. The molecular formula is C8H10N4. The minimum absolute atomic E-state index is 0.514. The van der Waals surface area contributed by atoms with Crippen LogP contribution in [0.1, 0.15) is 12.5 Å². The lowest BCUT2D eigenvalue weighted by atomic mass is 10.2. The molecule has 0 atom stereocenters. The third-order valence-corrected chi connectivity index (χ3v) is 1.95. The first-order valence-corrected chi connectivity index (χ1v) is 3.89. The average Bonchev–Trinajstić information content (AvgIpc) is 2.49. The van der Waals surface area contributed by atoms with E-state index in [-0.39, 0.29) is 0 Å². The molecule has 0 aliphatic heterocycles. The summed E-state index contributed by atoms with van der Waals surface area (Å²) in [6, 6.07) is 0. The van der Waals surface area contributed by atoms with E-state index in [1.54, 1.807) is 0 Å². The minimum atomic E-state index is 0.514. The molecule has 0 fully saturated rings. The molecule has 0 bridgehead atoms. The van der Waals surface area contributed by atoms with Crippen molar-refractivity contribution in [3.63, 3.8) is 0 Å². The molecule has 3 N–H and O–H groups in total. The van der Waals surface area contributed by atoms with Crippen LogP contribution < -0.4 is 5.73 Å². The minimum Gasteiger partial charge on any atom is -0.382 e. The van der Waals surface area contributed by atoms with Gasteiger partial charge in [0.1, 0.15) is 11.8 Å². The largest absolute Gasteiger partial charge is 0.382 e. The highest BCUT2D eigenvalue weighted by Crippen LogP contribution is 2.18. The highest BCUT2D eigenvalue weighted by Gasteiger charge is 2.05. The predicted octanol–water partition coefficient (Wildman–Crippen LogP) is 1.10. The van der Waals surface area contributed by atoms with Crippen molar-refractivity contribution in [2.24, 2.45) is 0 Å². The van der Waals surface area contributed by atoms with Gasteiger partial charge in [-0.3, -0.25) is 0 Å². The molecule has 0 aromatic carbocycles. The standard InChI is InChI=1S/C8H10N4/c1-2-5-3-10-7-6(5)11-4-12-8(7)9/h3-4,10H,2H2,1H3,(H2,9,11,12). The number of nitrogens with two attached hydrogens (primary N) is 1. The number of hydrogen-bond acceptors (Lipinski definition) is 3. The number of hydrogen-bond donors (Lipinski definition) is 2. The number of aryl methyl sites for hydroxylation is 1. The van der Waals surface area contributed by atoms with Gasteiger partial charge >= 0.3 is 0 Å². The van der Waals surface area contributed by atoms with Crippen molar-refractivity contribution in [3.8, 4) is 0 Å². The Kier molecular flexibility index (Phi) is 1.46. The summed E-state index contributed by atoms with van der Waals surface area (Å²) in [5.74, 6) is 0.514. The van der Waals surface area contributed by atoms with Crippen LogP contribution >= 0.6 is 0 Å². The van der Waals surface area contributed by atoms with Gasteiger partial charge in [0.15, 0.2) is 5.82 Å². The second kappa shape index (κ2) is 2.48. The first-order valence-electron chi connectivity index (χ1n) is 3.89. The normalized spacial score (nSPS) is 10.8. The number of H-pyrrole nitrogens is 1. The third-order valence-electron chi connectivity index (χ3n) is 1.95. The Morgan fingerprint density at radius 1 is 1.50 bits per heavy atom. The van der Waals surface area contributed by atoms with E-state index in [0.29, 0.717) is 5.82 Å². The van der Waals surface area contributed by atoms with E-state index in [4.69, 9.17) is 5.73 Å². The molecule has 2 aromatic heterocycles. The van der Waals surface area contributed by atoms with E-state index in [9.17, 15) is 0 Å². The number of nitrogen functional groups attached to an aromatic ring is 1. The number of fused-ring (bicyclic) bond motifs is 1. The van der Waals surface area contributed by atoms with Gasteiger partial charge in [0, 0.05) is 6.20 Å². The Morgan fingerprint density at radius 2 is 2.33 bits per heavy atom. The van der Waals surface area contributed by atoms with Crippen LogP contribution in [0.15, 0.2) is 12.5 Å². The highest BCUT2D eigenvalue weighted by atomic mass is 14.9. The van der Waals surface area contributed by atoms with Crippen LogP contribution in [-0.2, 0) is 6.42 Å². The molecule has 0 radical (unpaired) electrons. The Labute approximate surface area is 69.8 Å². The van der Waals surface area contributed by atoms with Crippen LogP contribution in [0.3, 0.4) is 0 Å². The van der Waals surface area contributed by atoms with Gasteiger partial charge in [0.2, 0.25) is 0 Å². The smallest absolute Gasteiger partial charge is 0.151 e. The third kappa shape index (κ3) is 0.845. The van der Waals surface area contributed by atoms with Gasteiger partial charge in [-0.25, -0.2) is 9.97 Å². The van der Waals surface area contributed by atoms with Crippen molar-refractivity contribution in [2.75, 3.05) is 5.73 Å². The molecule has 2 heterocycles. The Morgan fingerprint density at radius 3 is 3.08 bits per heavy atom. The number of rotatable bonds is 1. The maximum absolute atomic E-state index is 5.64. The predicted molar refractivity (Wildman–Crippen MR) is 47.7 cm³/mol. The number of aromatic nitrogens is 3. The van der Waals surface area contributed by atoms with E-state index in [2.05, 4.69) is 21.9 Å². The van der Waals surface area contributed by atoms with Crippen molar-refractivity contribution < 1.29 is 0 Å². The molecule has 4 nitrogen and oxygen atoms in total. The molecule has 2 aromatic rings. The number of anilines is 1. The summed E-state index contributed by atoms with van der Waals surface area (Å²) in [6.07, 6.45) is 4.37. The molecule has 2 rings (SSSR count). The van der Waals surface area contributed by atoms with Crippen molar-refractivity contribution >= 4 is 16.9 Å². The monoisotopic (exact) mass is 162 g/mol. The van der Waals surface area contributed by atoms with Gasteiger partial charge < -0.3 is 10.7 Å². The SMILES string of the molecule is CCc1c[nH]c2c(N)ncnc12. The van der Waals surface area contributed by atoms with Crippen molar-refractivity contribution in [3.05, 3.63) is 18.1 Å². The van der Waals surface area contributed by atoms with Gasteiger partial charge in [-0.05, 0) is 12.0 Å². The van der Waals surface area contributed by atoms with Crippen molar-refractivity contribution in [1.82, 2.24) is 15.0 Å². The molecular weight excluding hydrogens is 152 g/mol. The van der Waals surface area contributed by atoms with E-state index in [1.807, 2.05) is 6.20 Å². The molecule has 0 saturated carbocycles. The molecule has 4 heteroatoms. The van der Waals surface area contributed by atoms with E-state index in [1.165, 1.54) is 11.9 Å². The van der Waals surface area contributed by atoms with Crippen molar-refractivity contribution in [2.45, 2.75) is 13.3 Å². The second-order valence-corrected chi connectivity index (χ2v) is 2.65. The van der Waals surface area contributed by atoms with Crippen LogP contribution in [0.2, 0.25) is 0 Å². The van der Waals surface area contributed by atoms with Gasteiger partial charge in [-0.15, -0.1) is 0 Å². The van der Waals surface area contributed by atoms with Crippen LogP contribution in [0.5, 0.6) is 0 Å². The molecule has 0 aliphatic carbocycles. The Bertz CT molecular complexity index is 404. The molecule has 0 saturated heterocycles. The van der Waals surface area contributed by atoms with Crippen LogP contribution in [0, 0.1) is 0 Å². The summed E-state index contributed by atoms with van der Waals surface area (Å²) in [5, 5.41) is 0. The first-order chi connectivity index (χ1) is 5.83. The lowest BCUT2D eigenvalue weighted by Crippen LogP contribution is -1.92. The molecule has 0 amide bonds. The zero-order valence-electron chi connectivity index (χ0n) is 6.83. The summed E-state index contributed by atoms with van der Waals surface area (Å²) in [6.45, 7) is 2.08. The zero-order chi connectivity index (χ0) is 8.55. The summed E-state index contributed by atoms with van der Waals surface area (Å²) >= 11 is 0. The quantitative estimate of drug-likeness (QED) is 0.659. The molecule has 0 spiro atoms. The maximum atomic E-state index is 5.64. The fourth-order valence-electron chi connectivity index (χ4n) is 1.28. The van der Waals surface area contributed by atoms with Crippen LogP contribution in [-0.4, -0.2) is 15.0 Å².